The minimum atomic E-state index is -3.94. The van der Waals surface area contributed by atoms with Gasteiger partial charge in [-0.2, -0.15) is 0 Å². The molecule has 2 aromatic rings. The lowest BCUT2D eigenvalue weighted by Crippen LogP contribution is -2.14. The summed E-state index contributed by atoms with van der Waals surface area (Å²) in [4.78, 5) is 19.0. The molecule has 0 aromatic carbocycles. The number of carbonyl (C=O) groups is 1. The highest BCUT2D eigenvalue weighted by Gasteiger charge is 2.24. The van der Waals surface area contributed by atoms with E-state index in [2.05, 4.69) is 35.4 Å². The highest BCUT2D eigenvalue weighted by atomic mass is 79.9. The van der Waals surface area contributed by atoms with Crippen LogP contribution in [0.2, 0.25) is 5.15 Å². The summed E-state index contributed by atoms with van der Waals surface area (Å²) in [5, 5.41) is 0.0508. The first-order valence-corrected chi connectivity index (χ1v) is 8.68. The number of nitrogens with zero attached hydrogens (tertiary/aromatic N) is 2. The van der Waals surface area contributed by atoms with Gasteiger partial charge in [0.2, 0.25) is 0 Å². The number of anilines is 1. The molecule has 112 valence electrons. The number of aromatic nitrogens is 2. The number of hydrogen-bond acceptors (Lipinski definition) is 7. The summed E-state index contributed by atoms with van der Waals surface area (Å²) in [6, 6.07) is 1.21. The third-order valence-corrected chi connectivity index (χ3v) is 5.94. The fraction of sp³-hybridized carbons (Fsp3) is 0.100. The zero-order valence-electron chi connectivity index (χ0n) is 10.3. The Morgan fingerprint density at radius 2 is 2.19 bits per heavy atom. The predicted molar refractivity (Wildman–Crippen MR) is 81.2 cm³/mol. The van der Waals surface area contributed by atoms with Crippen LogP contribution in [0.25, 0.3) is 0 Å². The predicted octanol–water partition coefficient (Wildman–Crippen LogP) is 2.54. The second-order valence-corrected chi connectivity index (χ2v) is 7.98. The summed E-state index contributed by atoms with van der Waals surface area (Å²) in [5.41, 5.74) is 0. The molecule has 1 N–H and O–H groups in total. The minimum absolute atomic E-state index is 0.0276. The number of rotatable bonds is 4. The lowest BCUT2D eigenvalue weighted by atomic mass is 10.5. The molecule has 11 heteroatoms. The van der Waals surface area contributed by atoms with E-state index in [0.29, 0.717) is 0 Å². The second-order valence-electron chi connectivity index (χ2n) is 3.57. The summed E-state index contributed by atoms with van der Waals surface area (Å²) >= 11 is 9.69. The molecule has 0 atom stereocenters. The number of halogens is 2. The molecule has 0 fully saturated rings. The van der Waals surface area contributed by atoms with Gasteiger partial charge < -0.3 is 4.74 Å². The van der Waals surface area contributed by atoms with Crippen LogP contribution in [0.4, 0.5) is 5.82 Å². The van der Waals surface area contributed by atoms with Crippen molar-refractivity contribution in [3.63, 3.8) is 0 Å². The number of carbonyl (C=O) groups excluding carboxylic acids is 1. The fourth-order valence-electron chi connectivity index (χ4n) is 1.32. The Bertz CT molecular complexity index is 793. The van der Waals surface area contributed by atoms with E-state index in [1.807, 2.05) is 0 Å². The monoisotopic (exact) mass is 411 g/mol. The van der Waals surface area contributed by atoms with E-state index in [9.17, 15) is 13.2 Å². The molecule has 0 spiro atoms. The van der Waals surface area contributed by atoms with Crippen LogP contribution in [0.15, 0.2) is 27.1 Å². The molecule has 0 bridgehead atoms. The van der Waals surface area contributed by atoms with Gasteiger partial charge in [0.25, 0.3) is 10.0 Å². The van der Waals surface area contributed by atoms with E-state index in [1.54, 1.807) is 0 Å². The van der Waals surface area contributed by atoms with Crippen molar-refractivity contribution in [1.82, 2.24) is 9.97 Å². The van der Waals surface area contributed by atoms with Crippen LogP contribution in [-0.4, -0.2) is 31.5 Å². The van der Waals surface area contributed by atoms with Crippen molar-refractivity contribution in [3.05, 3.63) is 32.3 Å². The average molecular weight is 413 g/mol. The van der Waals surface area contributed by atoms with Gasteiger partial charge in [0.05, 0.1) is 23.3 Å². The van der Waals surface area contributed by atoms with Gasteiger partial charge in [-0.1, -0.05) is 11.6 Å². The Balaban J connectivity index is 2.36. The average Bonchev–Trinajstić information content (AvgIpc) is 2.80. The SMILES string of the molecule is COC(=O)c1cc(S(=O)(=O)Nc2cncc(Cl)n2)c(Br)s1. The van der Waals surface area contributed by atoms with Crippen molar-refractivity contribution in [3.8, 4) is 0 Å². The number of ether oxygens (including phenoxy) is 1. The Labute approximate surface area is 137 Å². The topological polar surface area (TPSA) is 98.2 Å². The maximum atomic E-state index is 12.3. The number of thiophene rings is 1. The van der Waals surface area contributed by atoms with Gasteiger partial charge in [-0.15, -0.1) is 11.3 Å². The molecule has 2 heterocycles. The van der Waals surface area contributed by atoms with Gasteiger partial charge in [-0.25, -0.2) is 18.2 Å². The van der Waals surface area contributed by atoms with Crippen LogP contribution in [0.1, 0.15) is 9.67 Å². The first kappa shape index (κ1) is 16.1. The van der Waals surface area contributed by atoms with Crippen LogP contribution in [0.3, 0.4) is 0 Å². The molecule has 0 saturated heterocycles. The molecule has 21 heavy (non-hydrogen) atoms. The zero-order chi connectivity index (χ0) is 15.6. The molecular weight excluding hydrogens is 406 g/mol. The lowest BCUT2D eigenvalue weighted by molar-refractivity contribution is 0.0606. The van der Waals surface area contributed by atoms with E-state index in [1.165, 1.54) is 25.6 Å². The van der Waals surface area contributed by atoms with E-state index < -0.39 is 16.0 Å². The minimum Gasteiger partial charge on any atom is -0.465 e. The molecular formula is C10H7BrClN3O4S2. The largest absolute Gasteiger partial charge is 0.465 e. The standard InChI is InChI=1S/C10H7BrClN3O4S2/c1-19-10(16)5-2-6(9(11)20-5)21(17,18)15-8-4-13-3-7(12)14-8/h2-4H,1H3,(H,14,15). The Morgan fingerprint density at radius 1 is 1.48 bits per heavy atom. The Kier molecular flexibility index (Phi) is 4.81. The quantitative estimate of drug-likeness (QED) is 0.775. The number of nitrogens with one attached hydrogen (secondary N) is 1. The van der Waals surface area contributed by atoms with Crippen molar-refractivity contribution in [2.75, 3.05) is 11.8 Å². The van der Waals surface area contributed by atoms with E-state index in [-0.39, 0.29) is 24.5 Å². The smallest absolute Gasteiger partial charge is 0.348 e. The maximum Gasteiger partial charge on any atom is 0.348 e. The van der Waals surface area contributed by atoms with E-state index in [0.717, 1.165) is 11.3 Å². The fourth-order valence-corrected chi connectivity index (χ4v) is 4.94. The summed E-state index contributed by atoms with van der Waals surface area (Å²) in [5.74, 6) is -0.648. The molecule has 7 nitrogen and oxygen atoms in total. The molecule has 2 aromatic heterocycles. The van der Waals surface area contributed by atoms with E-state index >= 15 is 0 Å². The normalized spacial score (nSPS) is 11.2. The second kappa shape index (κ2) is 6.26. The molecule has 0 unspecified atom stereocenters. The highest BCUT2D eigenvalue weighted by molar-refractivity contribution is 9.11. The molecule has 0 aliphatic carbocycles. The van der Waals surface area contributed by atoms with Crippen molar-refractivity contribution in [2.45, 2.75) is 4.90 Å². The van der Waals surface area contributed by atoms with Gasteiger partial charge in [-0.05, 0) is 22.0 Å². The molecule has 2 rings (SSSR count). The summed E-state index contributed by atoms with van der Waals surface area (Å²) < 4.78 is 31.6. The van der Waals surface area contributed by atoms with Crippen molar-refractivity contribution in [1.29, 1.82) is 0 Å². The summed E-state index contributed by atoms with van der Waals surface area (Å²) in [7, 11) is -2.72. The molecule has 0 saturated carbocycles. The third kappa shape index (κ3) is 3.70. The van der Waals surface area contributed by atoms with Crippen LogP contribution in [0, 0.1) is 0 Å². The zero-order valence-corrected chi connectivity index (χ0v) is 14.3. The number of esters is 1. The Hall–Kier alpha value is -1.23. The van der Waals surface area contributed by atoms with Crippen LogP contribution >= 0.6 is 38.9 Å². The van der Waals surface area contributed by atoms with Crippen molar-refractivity contribution >= 4 is 60.7 Å². The van der Waals surface area contributed by atoms with Crippen LogP contribution in [0.5, 0.6) is 0 Å². The third-order valence-electron chi connectivity index (χ3n) is 2.18. The van der Waals surface area contributed by atoms with Crippen molar-refractivity contribution < 1.29 is 17.9 Å². The van der Waals surface area contributed by atoms with Gasteiger partial charge in [0, 0.05) is 0 Å². The summed E-state index contributed by atoms with van der Waals surface area (Å²) in [6.07, 6.45) is 2.49. The maximum absolute atomic E-state index is 12.3. The number of sulfonamides is 1. The first-order valence-electron chi connectivity index (χ1n) is 5.21. The highest BCUT2D eigenvalue weighted by Crippen LogP contribution is 2.33. The van der Waals surface area contributed by atoms with Gasteiger partial charge in [0.1, 0.15) is 14.9 Å². The molecule has 0 radical (unpaired) electrons. The number of hydrogen-bond donors (Lipinski definition) is 1. The van der Waals surface area contributed by atoms with Crippen molar-refractivity contribution in [2.24, 2.45) is 0 Å². The van der Waals surface area contributed by atoms with Gasteiger partial charge >= 0.3 is 5.97 Å². The first-order chi connectivity index (χ1) is 9.83. The molecule has 0 aliphatic heterocycles. The molecule has 0 amide bonds. The van der Waals surface area contributed by atoms with E-state index in [4.69, 9.17) is 11.6 Å². The Morgan fingerprint density at radius 3 is 2.81 bits per heavy atom. The van der Waals surface area contributed by atoms with Crippen LogP contribution in [-0.2, 0) is 14.8 Å². The van der Waals surface area contributed by atoms with Gasteiger partial charge in [0.15, 0.2) is 5.82 Å². The van der Waals surface area contributed by atoms with Crippen LogP contribution < -0.4 is 4.72 Å². The summed E-state index contributed by atoms with van der Waals surface area (Å²) in [6.45, 7) is 0. The van der Waals surface area contributed by atoms with Gasteiger partial charge in [-0.3, -0.25) is 9.71 Å². The molecule has 0 aliphatic rings. The number of methoxy groups -OCH3 is 1. The lowest BCUT2D eigenvalue weighted by Gasteiger charge is -2.05.